The van der Waals surface area contributed by atoms with Gasteiger partial charge in [-0.1, -0.05) is 101 Å². The van der Waals surface area contributed by atoms with Gasteiger partial charge in [-0.15, -0.1) is 23.5 Å². The van der Waals surface area contributed by atoms with E-state index in [1.807, 2.05) is 88.4 Å². The van der Waals surface area contributed by atoms with Crippen LogP contribution in [0, 0.1) is 10.8 Å². The van der Waals surface area contributed by atoms with Crippen LogP contribution in [0.1, 0.15) is 116 Å². The number of unbranched alkanes of at least 4 members (excludes halogenated alkanes) is 3. The molecule has 0 spiro atoms. The molecule has 18 heteroatoms. The van der Waals surface area contributed by atoms with Crippen LogP contribution >= 0.6 is 23.5 Å². The van der Waals surface area contributed by atoms with Gasteiger partial charge in [0.15, 0.2) is 0 Å². The lowest BCUT2D eigenvalue weighted by molar-refractivity contribution is -0.144. The van der Waals surface area contributed by atoms with E-state index in [0.29, 0.717) is 50.4 Å². The van der Waals surface area contributed by atoms with Crippen molar-refractivity contribution in [1.29, 1.82) is 0 Å². The van der Waals surface area contributed by atoms with E-state index in [4.69, 9.17) is 9.47 Å². The van der Waals surface area contributed by atoms with Crippen LogP contribution in [0.4, 0.5) is 0 Å². The Labute approximate surface area is 423 Å². The monoisotopic (exact) mass is 1010 g/mol. The highest BCUT2D eigenvalue weighted by Gasteiger charge is 2.56. The van der Waals surface area contributed by atoms with Crippen molar-refractivity contribution < 1.29 is 38.2 Å². The third-order valence-electron chi connectivity index (χ3n) is 14.3. The average molecular weight is 1010 g/mol. The van der Waals surface area contributed by atoms with Crippen molar-refractivity contribution in [2.45, 2.75) is 152 Å². The number of hydrogen-bond acceptors (Lipinski definition) is 12. The maximum absolute atomic E-state index is 14.4. The summed E-state index contributed by atoms with van der Waals surface area (Å²) in [6.07, 6.45) is 5.80. The van der Waals surface area contributed by atoms with E-state index in [-0.39, 0.29) is 59.4 Å². The van der Waals surface area contributed by atoms with E-state index in [1.165, 1.54) is 0 Å². The Morgan fingerprint density at radius 1 is 0.614 bits per heavy atom. The van der Waals surface area contributed by atoms with Crippen LogP contribution < -0.4 is 31.9 Å². The highest BCUT2D eigenvalue weighted by molar-refractivity contribution is 8.00. The predicted molar refractivity (Wildman–Crippen MR) is 275 cm³/mol. The normalized spacial score (nSPS) is 25.6. The highest BCUT2D eigenvalue weighted by Crippen LogP contribution is 2.48. The van der Waals surface area contributed by atoms with E-state index in [1.54, 1.807) is 61.3 Å². The molecular formula is C52H78N8O8S2. The molecule has 6 rings (SSSR count). The first-order chi connectivity index (χ1) is 33.5. The first-order valence-corrected chi connectivity index (χ1v) is 27.3. The van der Waals surface area contributed by atoms with E-state index in [0.717, 1.165) is 36.8 Å². The first kappa shape index (κ1) is 55.1. The maximum atomic E-state index is 14.4. The standard InChI is InChI=1S/C52H78N8O8S2/c1-33(53-7)45(61)55-37-23-27-69-41-29-51(3,4)43(59(41)49(37)65)47(63)57-39(35-19-13-11-14-20-35)31-67-25-17-9-10-18-26-68-32-40(36-21-15-12-16-22-36)58-48(64)44-52(5,6)30-42-60(44)50(66)38(24-28-70-42)56-46(62)34(2)54-8/h11-16,19-22,33-34,37-44,53-54H,9-10,17-18,23-32H2,1-8H3,(H,55,61)(H,56,62)(H,57,63)(H,58,64)/t33-,34-,37-,38-,39+,40+,41-,42-,43+,44+/m0/s1. The van der Waals surface area contributed by atoms with E-state index < -0.39 is 59.2 Å². The molecule has 0 bridgehead atoms. The highest BCUT2D eigenvalue weighted by atomic mass is 32.2. The summed E-state index contributed by atoms with van der Waals surface area (Å²) in [5, 5.41) is 17.9. The molecule has 6 N–H and O–H groups in total. The molecule has 0 saturated carbocycles. The topological polar surface area (TPSA) is 200 Å². The molecule has 70 heavy (non-hydrogen) atoms. The van der Waals surface area contributed by atoms with Gasteiger partial charge in [0, 0.05) is 13.2 Å². The fourth-order valence-corrected chi connectivity index (χ4v) is 13.2. The van der Waals surface area contributed by atoms with Gasteiger partial charge in [0.25, 0.3) is 0 Å². The Balaban J connectivity index is 0.978. The van der Waals surface area contributed by atoms with Crippen molar-refractivity contribution in [1.82, 2.24) is 41.7 Å². The Morgan fingerprint density at radius 3 is 1.34 bits per heavy atom. The third kappa shape index (κ3) is 13.8. The minimum atomic E-state index is -0.720. The van der Waals surface area contributed by atoms with Gasteiger partial charge in [-0.3, -0.25) is 28.8 Å². The summed E-state index contributed by atoms with van der Waals surface area (Å²) >= 11 is 3.34. The number of fused-ring (bicyclic) bond motifs is 2. The molecule has 0 radical (unpaired) electrons. The van der Waals surface area contributed by atoms with Gasteiger partial charge in [-0.25, -0.2) is 0 Å². The number of ether oxygens (including phenoxy) is 2. The molecule has 4 saturated heterocycles. The number of carbonyl (C=O) groups is 6. The average Bonchev–Trinajstić information content (AvgIpc) is 3.66. The SMILES string of the molecule is CN[C@@H](C)C(=O)N[C@H]1CCS[C@H]2CC(C)(C)[C@@H](C(=O)N[C@H](COCCCCCCOC[C@@H](NC(=O)[C@H]3N4C(=O)[C@@H](NC(=O)[C@H](C)NC)CCS[C@H]4CC3(C)C)c3ccccc3)c3ccccc3)N2C1=O. The Hall–Kier alpha value is -4.20. The predicted octanol–water partition coefficient (Wildman–Crippen LogP) is 4.66. The number of nitrogens with one attached hydrogen (secondary N) is 6. The summed E-state index contributed by atoms with van der Waals surface area (Å²) < 4.78 is 12.4. The van der Waals surface area contributed by atoms with Crippen molar-refractivity contribution in [2.24, 2.45) is 10.8 Å². The van der Waals surface area contributed by atoms with Crippen molar-refractivity contribution in [2.75, 3.05) is 52.0 Å². The molecule has 4 aliphatic rings. The van der Waals surface area contributed by atoms with Crippen molar-refractivity contribution in [3.05, 3.63) is 71.8 Å². The quantitative estimate of drug-likeness (QED) is 0.0844. The van der Waals surface area contributed by atoms with Gasteiger partial charge in [0.05, 0.1) is 48.1 Å². The van der Waals surface area contributed by atoms with Crippen LogP contribution in [0.5, 0.6) is 0 Å². The van der Waals surface area contributed by atoms with Gasteiger partial charge < -0.3 is 51.2 Å². The zero-order valence-electron chi connectivity index (χ0n) is 42.4. The number of thioether (sulfide) groups is 2. The Morgan fingerprint density at radius 2 is 0.986 bits per heavy atom. The summed E-state index contributed by atoms with van der Waals surface area (Å²) in [5.41, 5.74) is 0.831. The number of rotatable bonds is 23. The molecule has 4 fully saturated rings. The lowest BCUT2D eigenvalue weighted by Gasteiger charge is -2.35. The van der Waals surface area contributed by atoms with Crippen LogP contribution in [0.15, 0.2) is 60.7 Å². The van der Waals surface area contributed by atoms with Gasteiger partial charge in [-0.05, 0) is 99.9 Å². The number of benzene rings is 2. The number of amides is 6. The summed E-state index contributed by atoms with van der Waals surface area (Å²) in [7, 11) is 3.41. The van der Waals surface area contributed by atoms with E-state index >= 15 is 0 Å². The molecule has 10 atom stereocenters. The minimum Gasteiger partial charge on any atom is -0.379 e. The second-order valence-electron chi connectivity index (χ2n) is 20.6. The number of nitrogens with zero attached hydrogens (tertiary/aromatic N) is 2. The fraction of sp³-hybridized carbons (Fsp3) is 0.654. The molecule has 0 aromatic heterocycles. The molecule has 386 valence electrons. The molecule has 0 aliphatic carbocycles. The molecule has 4 heterocycles. The van der Waals surface area contributed by atoms with Gasteiger partial charge in [-0.2, -0.15) is 0 Å². The molecule has 4 aliphatic heterocycles. The van der Waals surface area contributed by atoms with Gasteiger partial charge >= 0.3 is 0 Å². The zero-order chi connectivity index (χ0) is 50.6. The molecule has 2 aromatic carbocycles. The second kappa shape index (κ2) is 25.5. The van der Waals surface area contributed by atoms with Crippen LogP contribution in [0.2, 0.25) is 0 Å². The lowest BCUT2D eigenvalue weighted by Crippen LogP contribution is -2.58. The number of hydrogen-bond donors (Lipinski definition) is 6. The van der Waals surface area contributed by atoms with Crippen LogP contribution in [0.3, 0.4) is 0 Å². The largest absolute Gasteiger partial charge is 0.379 e. The molecule has 16 nitrogen and oxygen atoms in total. The van der Waals surface area contributed by atoms with E-state index in [2.05, 4.69) is 31.9 Å². The second-order valence-corrected chi connectivity index (χ2v) is 23.1. The third-order valence-corrected chi connectivity index (χ3v) is 16.8. The Kier molecular flexibility index (Phi) is 20.0. The van der Waals surface area contributed by atoms with Crippen LogP contribution in [-0.4, -0.2) is 144 Å². The van der Waals surface area contributed by atoms with Crippen LogP contribution in [-0.2, 0) is 38.2 Å². The molecule has 6 amide bonds. The summed E-state index contributed by atoms with van der Waals surface area (Å²) in [6.45, 7) is 13.2. The van der Waals surface area contributed by atoms with Gasteiger partial charge in [0.1, 0.15) is 24.2 Å². The van der Waals surface area contributed by atoms with Crippen molar-refractivity contribution in [3.8, 4) is 0 Å². The number of likely N-dealkylation sites (N-methyl/N-ethyl adjacent to an activating group) is 2. The van der Waals surface area contributed by atoms with Crippen molar-refractivity contribution in [3.63, 3.8) is 0 Å². The molecule has 2 aromatic rings. The summed E-state index contributed by atoms with van der Waals surface area (Å²) in [6, 6.07) is 14.9. The summed E-state index contributed by atoms with van der Waals surface area (Å²) in [5.74, 6) is -0.00348. The van der Waals surface area contributed by atoms with Crippen molar-refractivity contribution >= 4 is 59.0 Å². The first-order valence-electron chi connectivity index (χ1n) is 25.2. The molecular weight excluding hydrogens is 929 g/mol. The summed E-state index contributed by atoms with van der Waals surface area (Å²) in [4.78, 5) is 86.1. The van der Waals surface area contributed by atoms with E-state index in [9.17, 15) is 28.8 Å². The number of carbonyl (C=O) groups excluding carboxylic acids is 6. The fourth-order valence-electron chi connectivity index (χ4n) is 10.0. The zero-order valence-corrected chi connectivity index (χ0v) is 44.1. The smallest absolute Gasteiger partial charge is 0.246 e. The molecule has 0 unspecified atom stereocenters. The van der Waals surface area contributed by atoms with Gasteiger partial charge in [0.2, 0.25) is 35.4 Å². The van der Waals surface area contributed by atoms with Crippen LogP contribution in [0.25, 0.3) is 0 Å². The lowest BCUT2D eigenvalue weighted by atomic mass is 9.83. The Bertz CT molecular complexity index is 1940. The minimum absolute atomic E-state index is 0.163. The maximum Gasteiger partial charge on any atom is 0.246 e.